The highest BCUT2D eigenvalue weighted by molar-refractivity contribution is 6.19. The van der Waals surface area contributed by atoms with E-state index in [1.54, 1.807) is 0 Å². The van der Waals surface area contributed by atoms with Crippen molar-refractivity contribution in [2.45, 2.75) is 26.7 Å². The number of halogens is 1. The third-order valence-electron chi connectivity index (χ3n) is 3.16. The molecule has 2 rings (SSSR count). The average molecular weight is 319 g/mol. The molecule has 1 amide bonds. The van der Waals surface area contributed by atoms with Crippen molar-refractivity contribution in [2.24, 2.45) is 0 Å². The molecule has 1 heterocycles. The second-order valence-corrected chi connectivity index (χ2v) is 5.26. The summed E-state index contributed by atoms with van der Waals surface area (Å²) in [5.41, 5.74) is 3.62. The average Bonchev–Trinajstić information content (AvgIpc) is 2.48. The summed E-state index contributed by atoms with van der Waals surface area (Å²) >= 11 is 5.60. The molecule has 0 unspecified atom stereocenters. The molecule has 5 nitrogen and oxygen atoms in total. The Labute approximate surface area is 135 Å². The van der Waals surface area contributed by atoms with Crippen LogP contribution in [0.5, 0.6) is 0 Å². The molecule has 0 atom stereocenters. The smallest absolute Gasteiger partial charge is 0.225 e. The maximum Gasteiger partial charge on any atom is 0.225 e. The number of hydrogen-bond acceptors (Lipinski definition) is 4. The van der Waals surface area contributed by atoms with Gasteiger partial charge in [-0.05, 0) is 31.0 Å². The summed E-state index contributed by atoms with van der Waals surface area (Å²) in [6.45, 7) is 3.96. The number of nitrogens with one attached hydrogen (secondary N) is 2. The number of rotatable bonds is 6. The number of aryl methyl sites for hydroxylation is 2. The zero-order chi connectivity index (χ0) is 15.9. The summed E-state index contributed by atoms with van der Waals surface area (Å²) in [7, 11) is 0. The van der Waals surface area contributed by atoms with E-state index in [1.807, 2.05) is 38.1 Å². The van der Waals surface area contributed by atoms with Crippen molar-refractivity contribution in [1.29, 1.82) is 0 Å². The predicted octanol–water partition coefficient (Wildman–Crippen LogP) is 3.66. The molecule has 1 aromatic carbocycles. The molecule has 0 radical (unpaired) electrons. The zero-order valence-corrected chi connectivity index (χ0v) is 13.4. The molecule has 2 aromatic rings. The molecule has 0 spiro atoms. The van der Waals surface area contributed by atoms with Crippen molar-refractivity contribution >= 4 is 34.7 Å². The van der Waals surface area contributed by atoms with Gasteiger partial charge in [-0.1, -0.05) is 13.0 Å². The van der Waals surface area contributed by atoms with Gasteiger partial charge in [0, 0.05) is 35.4 Å². The summed E-state index contributed by atoms with van der Waals surface area (Å²) in [4.78, 5) is 20.0. The quantitative estimate of drug-likeness (QED) is 0.798. The van der Waals surface area contributed by atoms with Crippen LogP contribution in [0.1, 0.15) is 24.6 Å². The summed E-state index contributed by atoms with van der Waals surface area (Å²) in [5.74, 6) is 0.945. The van der Waals surface area contributed by atoms with E-state index >= 15 is 0 Å². The number of hydrogen-bond donors (Lipinski definition) is 2. The van der Waals surface area contributed by atoms with E-state index in [0.29, 0.717) is 12.3 Å². The molecule has 1 aromatic heterocycles. The van der Waals surface area contributed by atoms with Crippen molar-refractivity contribution in [3.05, 3.63) is 41.9 Å². The molecule has 22 heavy (non-hydrogen) atoms. The van der Waals surface area contributed by atoms with Crippen LogP contribution in [0.25, 0.3) is 0 Å². The van der Waals surface area contributed by atoms with Gasteiger partial charge in [0.2, 0.25) is 5.91 Å². The van der Waals surface area contributed by atoms with E-state index in [1.165, 1.54) is 6.33 Å². The molecule has 2 N–H and O–H groups in total. The normalized spacial score (nSPS) is 10.3. The Bertz CT molecular complexity index is 660. The highest BCUT2D eigenvalue weighted by Gasteiger charge is 2.07. The SMILES string of the molecule is CCc1ccc(Nc2cc(C)ncn2)cc1NC(=O)CCCl. The van der Waals surface area contributed by atoms with Crippen LogP contribution >= 0.6 is 11.6 Å². The number of carbonyl (C=O) groups is 1. The van der Waals surface area contributed by atoms with E-state index in [-0.39, 0.29) is 5.91 Å². The molecule has 0 aliphatic heterocycles. The number of carbonyl (C=O) groups excluding carboxylic acids is 1. The fraction of sp³-hybridized carbons (Fsp3) is 0.312. The van der Waals surface area contributed by atoms with E-state index in [0.717, 1.165) is 34.9 Å². The zero-order valence-electron chi connectivity index (χ0n) is 12.7. The summed E-state index contributed by atoms with van der Waals surface area (Å²) in [6.07, 6.45) is 2.65. The maximum absolute atomic E-state index is 11.8. The first-order valence-corrected chi connectivity index (χ1v) is 7.70. The van der Waals surface area contributed by atoms with Crippen LogP contribution in [0.15, 0.2) is 30.6 Å². The molecule has 0 aliphatic carbocycles. The lowest BCUT2D eigenvalue weighted by atomic mass is 10.1. The fourth-order valence-electron chi connectivity index (χ4n) is 2.05. The summed E-state index contributed by atoms with van der Waals surface area (Å²) < 4.78 is 0. The molecular weight excluding hydrogens is 300 g/mol. The number of benzene rings is 1. The van der Waals surface area contributed by atoms with Crippen molar-refractivity contribution in [1.82, 2.24) is 9.97 Å². The van der Waals surface area contributed by atoms with Crippen LogP contribution in [0.4, 0.5) is 17.2 Å². The molecule has 0 fully saturated rings. The molecule has 6 heteroatoms. The lowest BCUT2D eigenvalue weighted by Gasteiger charge is -2.13. The summed E-state index contributed by atoms with van der Waals surface area (Å²) in [5, 5.41) is 6.12. The van der Waals surface area contributed by atoms with Gasteiger partial charge in [0.25, 0.3) is 0 Å². The third-order valence-corrected chi connectivity index (χ3v) is 3.35. The van der Waals surface area contributed by atoms with Crippen LogP contribution in [0.3, 0.4) is 0 Å². The van der Waals surface area contributed by atoms with Crippen LogP contribution < -0.4 is 10.6 Å². The minimum Gasteiger partial charge on any atom is -0.340 e. The fourth-order valence-corrected chi connectivity index (χ4v) is 2.22. The Hall–Kier alpha value is -2.14. The Kier molecular flexibility index (Phi) is 5.72. The number of anilines is 3. The third kappa shape index (κ3) is 4.43. The highest BCUT2D eigenvalue weighted by Crippen LogP contribution is 2.24. The summed E-state index contributed by atoms with van der Waals surface area (Å²) in [6, 6.07) is 7.72. The second kappa shape index (κ2) is 7.75. The number of aromatic nitrogens is 2. The van der Waals surface area contributed by atoms with Gasteiger partial charge in [-0.25, -0.2) is 9.97 Å². The Morgan fingerprint density at radius 3 is 2.77 bits per heavy atom. The van der Waals surface area contributed by atoms with Crippen LogP contribution in [-0.2, 0) is 11.2 Å². The molecule has 0 saturated heterocycles. The van der Waals surface area contributed by atoms with Crippen LogP contribution in [0.2, 0.25) is 0 Å². The van der Waals surface area contributed by atoms with Gasteiger partial charge in [-0.3, -0.25) is 4.79 Å². The monoisotopic (exact) mass is 318 g/mol. The van der Waals surface area contributed by atoms with Gasteiger partial charge in [0.05, 0.1) is 0 Å². The molecule has 0 saturated carbocycles. The lowest BCUT2D eigenvalue weighted by Crippen LogP contribution is -2.13. The van der Waals surface area contributed by atoms with E-state index < -0.39 is 0 Å². The predicted molar refractivity (Wildman–Crippen MR) is 89.8 cm³/mol. The molecule has 116 valence electrons. The standard InChI is InChI=1S/C16H19ClN4O/c1-3-12-4-5-13(9-14(12)21-16(22)6-7-17)20-15-8-11(2)18-10-19-15/h4-5,8-10H,3,6-7H2,1-2H3,(H,21,22)(H,18,19,20). The maximum atomic E-state index is 11.8. The van der Waals surface area contributed by atoms with Gasteiger partial charge < -0.3 is 10.6 Å². The first kappa shape index (κ1) is 16.2. The largest absolute Gasteiger partial charge is 0.340 e. The van der Waals surface area contributed by atoms with E-state index in [9.17, 15) is 4.79 Å². The van der Waals surface area contributed by atoms with Gasteiger partial charge in [-0.15, -0.1) is 11.6 Å². The van der Waals surface area contributed by atoms with E-state index in [4.69, 9.17) is 11.6 Å². The Morgan fingerprint density at radius 1 is 1.27 bits per heavy atom. The minimum absolute atomic E-state index is 0.0836. The van der Waals surface area contributed by atoms with Crippen molar-refractivity contribution < 1.29 is 4.79 Å². The van der Waals surface area contributed by atoms with Gasteiger partial charge in [-0.2, -0.15) is 0 Å². The van der Waals surface area contributed by atoms with Crippen LogP contribution in [-0.4, -0.2) is 21.8 Å². The van der Waals surface area contributed by atoms with Crippen molar-refractivity contribution in [3.63, 3.8) is 0 Å². The van der Waals surface area contributed by atoms with Crippen molar-refractivity contribution in [3.8, 4) is 0 Å². The lowest BCUT2D eigenvalue weighted by molar-refractivity contribution is -0.115. The van der Waals surface area contributed by atoms with Gasteiger partial charge >= 0.3 is 0 Å². The highest BCUT2D eigenvalue weighted by atomic mass is 35.5. The van der Waals surface area contributed by atoms with Gasteiger partial charge in [0.15, 0.2) is 0 Å². The molecule has 0 bridgehead atoms. The topological polar surface area (TPSA) is 66.9 Å². The second-order valence-electron chi connectivity index (χ2n) is 4.88. The van der Waals surface area contributed by atoms with E-state index in [2.05, 4.69) is 20.6 Å². The van der Waals surface area contributed by atoms with Gasteiger partial charge in [0.1, 0.15) is 12.1 Å². The Balaban J connectivity index is 2.20. The first-order valence-electron chi connectivity index (χ1n) is 7.16. The molecular formula is C16H19ClN4O. The first-order chi connectivity index (χ1) is 10.6. The number of amides is 1. The van der Waals surface area contributed by atoms with Crippen molar-refractivity contribution in [2.75, 3.05) is 16.5 Å². The number of alkyl halides is 1. The number of nitrogens with zero attached hydrogens (tertiary/aromatic N) is 2. The Morgan fingerprint density at radius 2 is 2.09 bits per heavy atom. The minimum atomic E-state index is -0.0836. The molecule has 0 aliphatic rings. The van der Waals surface area contributed by atoms with Crippen LogP contribution in [0, 0.1) is 6.92 Å².